The second kappa shape index (κ2) is 5.99. The first-order chi connectivity index (χ1) is 11.9. The van der Waals surface area contributed by atoms with Crippen molar-refractivity contribution in [3.05, 3.63) is 10.7 Å². The van der Waals surface area contributed by atoms with Gasteiger partial charge in [0.25, 0.3) is 0 Å². The van der Waals surface area contributed by atoms with Crippen molar-refractivity contribution in [2.45, 2.75) is 44.8 Å². The predicted octanol–water partition coefficient (Wildman–Crippen LogP) is 1.53. The summed E-state index contributed by atoms with van der Waals surface area (Å²) in [5.74, 6) is 1.74. The smallest absolute Gasteiger partial charge is 0.222 e. The fraction of sp³-hybridized carbons (Fsp3) is 0.706. The van der Waals surface area contributed by atoms with Crippen LogP contribution in [0, 0.1) is 18.8 Å². The van der Waals surface area contributed by atoms with E-state index in [0.717, 1.165) is 25.9 Å². The summed E-state index contributed by atoms with van der Waals surface area (Å²) in [6.45, 7) is 5.97. The highest BCUT2D eigenvalue weighted by molar-refractivity contribution is 6.33. The minimum absolute atomic E-state index is 0.0916. The van der Waals surface area contributed by atoms with Gasteiger partial charge in [0.2, 0.25) is 11.9 Å². The van der Waals surface area contributed by atoms with Crippen molar-refractivity contribution in [1.29, 1.82) is 0 Å². The lowest BCUT2D eigenvalue weighted by Gasteiger charge is -2.29. The fourth-order valence-corrected chi connectivity index (χ4v) is 4.96. The van der Waals surface area contributed by atoms with Crippen LogP contribution >= 0.6 is 11.6 Å². The van der Waals surface area contributed by atoms with Crippen molar-refractivity contribution < 1.29 is 9.53 Å². The van der Waals surface area contributed by atoms with Gasteiger partial charge in [0, 0.05) is 37.9 Å². The molecule has 3 N–H and O–H groups in total. The van der Waals surface area contributed by atoms with E-state index in [-0.39, 0.29) is 23.6 Å². The van der Waals surface area contributed by atoms with Crippen LogP contribution in [0.4, 0.5) is 11.8 Å². The molecule has 0 saturated carbocycles. The van der Waals surface area contributed by atoms with Crippen LogP contribution in [0.3, 0.4) is 0 Å². The second-order valence-electron chi connectivity index (χ2n) is 7.37. The van der Waals surface area contributed by atoms with E-state index >= 15 is 0 Å². The van der Waals surface area contributed by atoms with Crippen LogP contribution in [0.5, 0.6) is 0 Å². The van der Waals surface area contributed by atoms with Gasteiger partial charge in [-0.1, -0.05) is 18.5 Å². The highest BCUT2D eigenvalue weighted by atomic mass is 35.5. The Labute approximate surface area is 152 Å². The third-order valence-electron chi connectivity index (χ3n) is 5.96. The lowest BCUT2D eigenvalue weighted by atomic mass is 9.73. The van der Waals surface area contributed by atoms with Crippen molar-refractivity contribution in [2.24, 2.45) is 11.8 Å². The molecule has 4 atom stereocenters. The molecular weight excluding hydrogens is 342 g/mol. The van der Waals surface area contributed by atoms with E-state index in [9.17, 15) is 4.79 Å². The Bertz CT molecular complexity index is 715. The van der Waals surface area contributed by atoms with Gasteiger partial charge in [0.05, 0.1) is 17.4 Å². The first-order valence-corrected chi connectivity index (χ1v) is 9.30. The van der Waals surface area contributed by atoms with Crippen LogP contribution in [-0.2, 0) is 9.53 Å². The topological polar surface area (TPSA) is 93.4 Å². The SMILES string of the molecule is CCC(=O)NC[C@H]1[C@H]2CN(c3nc(N)nc(C)c3Cl)C[C@]23CC[C@H]1O3. The number of aryl methyl sites for hydroxylation is 1. The average Bonchev–Trinajstić information content (AvgIpc) is 3.24. The van der Waals surface area contributed by atoms with Gasteiger partial charge in [-0.2, -0.15) is 4.98 Å². The second-order valence-corrected chi connectivity index (χ2v) is 7.75. The number of nitrogens with zero attached hydrogens (tertiary/aromatic N) is 3. The molecule has 136 valence electrons. The van der Waals surface area contributed by atoms with E-state index in [2.05, 4.69) is 20.2 Å². The van der Waals surface area contributed by atoms with Crippen molar-refractivity contribution in [1.82, 2.24) is 15.3 Å². The molecule has 1 spiro atoms. The van der Waals surface area contributed by atoms with Crippen LogP contribution < -0.4 is 16.0 Å². The maximum atomic E-state index is 11.7. The Kier molecular flexibility index (Phi) is 4.03. The van der Waals surface area contributed by atoms with Crippen molar-refractivity contribution >= 4 is 29.3 Å². The number of fused-ring (bicyclic) bond motifs is 1. The van der Waals surface area contributed by atoms with Gasteiger partial charge < -0.3 is 20.7 Å². The Hall–Kier alpha value is -1.60. The van der Waals surface area contributed by atoms with E-state index in [1.54, 1.807) is 0 Å². The quantitative estimate of drug-likeness (QED) is 0.840. The van der Waals surface area contributed by atoms with Crippen LogP contribution in [0.25, 0.3) is 0 Å². The first-order valence-electron chi connectivity index (χ1n) is 8.92. The molecular formula is C17H24ClN5O2. The van der Waals surface area contributed by atoms with E-state index in [1.165, 1.54) is 0 Å². The van der Waals surface area contributed by atoms with Gasteiger partial charge in [0.1, 0.15) is 5.02 Å². The van der Waals surface area contributed by atoms with Gasteiger partial charge in [0.15, 0.2) is 5.82 Å². The summed E-state index contributed by atoms with van der Waals surface area (Å²) in [5.41, 5.74) is 6.36. The molecule has 1 amide bonds. The number of carbonyl (C=O) groups excluding carboxylic acids is 1. The van der Waals surface area contributed by atoms with Crippen LogP contribution in [-0.4, -0.2) is 47.2 Å². The Balaban J connectivity index is 1.57. The third kappa shape index (κ3) is 2.64. The summed E-state index contributed by atoms with van der Waals surface area (Å²) < 4.78 is 6.40. The van der Waals surface area contributed by atoms with Crippen molar-refractivity contribution in [3.8, 4) is 0 Å². The van der Waals surface area contributed by atoms with Crippen LogP contribution in [0.15, 0.2) is 0 Å². The van der Waals surface area contributed by atoms with E-state index < -0.39 is 0 Å². The zero-order valence-corrected chi connectivity index (χ0v) is 15.3. The molecule has 0 aliphatic carbocycles. The molecule has 4 heterocycles. The molecule has 4 rings (SSSR count). The molecule has 3 saturated heterocycles. The number of ether oxygens (including phenoxy) is 1. The first kappa shape index (κ1) is 16.8. The molecule has 1 aromatic heterocycles. The van der Waals surface area contributed by atoms with E-state index in [0.29, 0.717) is 41.3 Å². The molecule has 7 nitrogen and oxygen atoms in total. The predicted molar refractivity (Wildman–Crippen MR) is 95.5 cm³/mol. The molecule has 1 aromatic rings. The maximum Gasteiger partial charge on any atom is 0.222 e. The van der Waals surface area contributed by atoms with Crippen LogP contribution in [0.2, 0.25) is 5.02 Å². The number of halogens is 1. The van der Waals surface area contributed by atoms with Crippen molar-refractivity contribution in [3.63, 3.8) is 0 Å². The zero-order chi connectivity index (χ0) is 17.8. The number of rotatable bonds is 4. The van der Waals surface area contributed by atoms with E-state index in [4.69, 9.17) is 22.1 Å². The van der Waals surface area contributed by atoms with Gasteiger partial charge in [-0.15, -0.1) is 0 Å². The molecule has 3 aliphatic heterocycles. The summed E-state index contributed by atoms with van der Waals surface area (Å²) in [6.07, 6.45) is 2.86. The van der Waals surface area contributed by atoms with Crippen molar-refractivity contribution in [2.75, 3.05) is 30.3 Å². The summed E-state index contributed by atoms with van der Waals surface area (Å²) in [7, 11) is 0. The summed E-state index contributed by atoms with van der Waals surface area (Å²) in [5, 5.41) is 3.60. The standard InChI is InChI=1S/C17H24ClN5O2/c1-3-13(24)20-6-10-11-7-23(8-17(11)5-4-12(10)25-17)15-14(18)9(2)21-16(19)22-15/h10-12H,3-8H2,1-2H3,(H,20,24)(H2,19,21,22)/t10-,11+,12+,17+/m0/s1. The maximum absolute atomic E-state index is 11.7. The molecule has 8 heteroatoms. The number of aromatic nitrogens is 2. The lowest BCUT2D eigenvalue weighted by Crippen LogP contribution is -2.41. The Morgan fingerprint density at radius 2 is 2.32 bits per heavy atom. The summed E-state index contributed by atoms with van der Waals surface area (Å²) >= 11 is 6.44. The number of amides is 1. The van der Waals surface area contributed by atoms with E-state index in [1.807, 2.05) is 13.8 Å². The highest BCUT2D eigenvalue weighted by Gasteiger charge is 2.63. The Morgan fingerprint density at radius 3 is 3.08 bits per heavy atom. The highest BCUT2D eigenvalue weighted by Crippen LogP contribution is 2.55. The minimum Gasteiger partial charge on any atom is -0.369 e. The fourth-order valence-electron chi connectivity index (χ4n) is 4.76. The summed E-state index contributed by atoms with van der Waals surface area (Å²) in [4.78, 5) is 22.3. The number of carbonyl (C=O) groups is 1. The largest absolute Gasteiger partial charge is 0.369 e. The zero-order valence-electron chi connectivity index (χ0n) is 14.6. The van der Waals surface area contributed by atoms with Gasteiger partial charge in [-0.3, -0.25) is 4.79 Å². The lowest BCUT2D eigenvalue weighted by molar-refractivity contribution is -0.121. The van der Waals surface area contributed by atoms with Crippen LogP contribution in [0.1, 0.15) is 31.9 Å². The van der Waals surface area contributed by atoms with Gasteiger partial charge >= 0.3 is 0 Å². The Morgan fingerprint density at radius 1 is 1.52 bits per heavy atom. The number of hydrogen-bond acceptors (Lipinski definition) is 6. The minimum atomic E-state index is -0.150. The third-order valence-corrected chi connectivity index (χ3v) is 6.40. The van der Waals surface area contributed by atoms with Gasteiger partial charge in [-0.05, 0) is 19.8 Å². The molecule has 25 heavy (non-hydrogen) atoms. The number of nitrogen functional groups attached to an aromatic ring is 1. The molecule has 0 aromatic carbocycles. The average molecular weight is 366 g/mol. The number of nitrogens with two attached hydrogens (primary N) is 1. The number of anilines is 2. The molecule has 2 bridgehead atoms. The normalized spacial score (nSPS) is 32.9. The molecule has 3 fully saturated rings. The molecule has 0 radical (unpaired) electrons. The monoisotopic (exact) mass is 365 g/mol. The van der Waals surface area contributed by atoms with Gasteiger partial charge in [-0.25, -0.2) is 4.98 Å². The number of nitrogens with one attached hydrogen (secondary N) is 1. The molecule has 0 unspecified atom stereocenters. The molecule has 3 aliphatic rings. The summed E-state index contributed by atoms with van der Waals surface area (Å²) in [6, 6.07) is 0. The number of hydrogen-bond donors (Lipinski definition) is 2.